The first-order valence-electron chi connectivity index (χ1n) is 11.8. The number of carbonyl (C=O) groups excluding carboxylic acids is 2. The monoisotopic (exact) mass is 621 g/mol. The Morgan fingerprint density at radius 3 is 2.29 bits per heavy atom. The van der Waals surface area contributed by atoms with E-state index in [1.54, 1.807) is 32.0 Å². The number of carbonyl (C=O) groups is 2. The smallest absolute Gasteiger partial charge is 0.264 e. The zero-order chi connectivity index (χ0) is 27.9. The van der Waals surface area contributed by atoms with Crippen LogP contribution in [-0.2, 0) is 26.2 Å². The largest absolute Gasteiger partial charge is 0.497 e. The predicted molar refractivity (Wildman–Crippen MR) is 152 cm³/mol. The zero-order valence-corrected chi connectivity index (χ0v) is 24.4. The van der Waals surface area contributed by atoms with Gasteiger partial charge >= 0.3 is 0 Å². The van der Waals surface area contributed by atoms with E-state index in [9.17, 15) is 18.0 Å². The van der Waals surface area contributed by atoms with Gasteiger partial charge in [-0.1, -0.05) is 45.7 Å². The van der Waals surface area contributed by atoms with Crippen LogP contribution < -0.4 is 14.4 Å². The SMILES string of the molecule is CCNC(=O)[C@@H](C)N(Cc1ccc(Br)cc1)C(=O)CN(c1cccc(Cl)c1)S(=O)(=O)c1ccc(OC)cc1. The Labute approximate surface area is 236 Å². The average molecular weight is 623 g/mol. The minimum Gasteiger partial charge on any atom is -0.497 e. The van der Waals surface area contributed by atoms with E-state index >= 15 is 0 Å². The molecule has 0 spiro atoms. The van der Waals surface area contributed by atoms with Crippen LogP contribution in [0.4, 0.5) is 5.69 Å². The average Bonchev–Trinajstić information content (AvgIpc) is 2.91. The molecule has 11 heteroatoms. The summed E-state index contributed by atoms with van der Waals surface area (Å²) < 4.78 is 34.6. The van der Waals surface area contributed by atoms with Gasteiger partial charge in [0.2, 0.25) is 11.8 Å². The van der Waals surface area contributed by atoms with E-state index in [1.807, 2.05) is 24.3 Å². The van der Waals surface area contributed by atoms with Gasteiger partial charge in [-0.05, 0) is 74.0 Å². The van der Waals surface area contributed by atoms with Crippen molar-refractivity contribution in [2.45, 2.75) is 31.3 Å². The molecule has 8 nitrogen and oxygen atoms in total. The summed E-state index contributed by atoms with van der Waals surface area (Å²) in [5, 5.41) is 3.05. The van der Waals surface area contributed by atoms with E-state index < -0.39 is 28.5 Å². The van der Waals surface area contributed by atoms with E-state index in [-0.39, 0.29) is 23.0 Å². The maximum atomic E-state index is 13.8. The Morgan fingerprint density at radius 1 is 1.05 bits per heavy atom. The predicted octanol–water partition coefficient (Wildman–Crippen LogP) is 4.86. The maximum Gasteiger partial charge on any atom is 0.264 e. The Bertz CT molecular complexity index is 1370. The Hall–Kier alpha value is -3.08. The molecule has 3 rings (SSSR count). The lowest BCUT2D eigenvalue weighted by Gasteiger charge is -2.32. The Morgan fingerprint density at radius 2 is 1.71 bits per heavy atom. The molecule has 0 aromatic heterocycles. The fourth-order valence-corrected chi connectivity index (χ4v) is 5.58. The van der Waals surface area contributed by atoms with Crippen LogP contribution in [0.15, 0.2) is 82.2 Å². The Balaban J connectivity index is 2.02. The highest BCUT2D eigenvalue weighted by molar-refractivity contribution is 9.10. The lowest BCUT2D eigenvalue weighted by Crippen LogP contribution is -2.51. The van der Waals surface area contributed by atoms with E-state index in [4.69, 9.17) is 16.3 Å². The number of ether oxygens (including phenoxy) is 1. The van der Waals surface area contributed by atoms with Crippen molar-refractivity contribution in [2.24, 2.45) is 0 Å². The van der Waals surface area contributed by atoms with Gasteiger partial charge in [0.05, 0.1) is 17.7 Å². The number of benzene rings is 3. The maximum absolute atomic E-state index is 13.8. The number of anilines is 1. The van der Waals surface area contributed by atoms with Gasteiger partial charge < -0.3 is 15.0 Å². The first-order valence-corrected chi connectivity index (χ1v) is 14.4. The topological polar surface area (TPSA) is 96.0 Å². The van der Waals surface area contributed by atoms with Crippen LogP contribution >= 0.6 is 27.5 Å². The molecule has 0 unspecified atom stereocenters. The summed E-state index contributed by atoms with van der Waals surface area (Å²) in [4.78, 5) is 27.9. The Kier molecular flexibility index (Phi) is 10.2. The van der Waals surface area contributed by atoms with Crippen molar-refractivity contribution in [1.29, 1.82) is 0 Å². The molecule has 0 aliphatic rings. The molecule has 0 fully saturated rings. The molecule has 0 radical (unpaired) electrons. The fraction of sp³-hybridized carbons (Fsp3) is 0.259. The quantitative estimate of drug-likeness (QED) is 0.330. The van der Waals surface area contributed by atoms with Crippen molar-refractivity contribution < 1.29 is 22.7 Å². The van der Waals surface area contributed by atoms with Crippen LogP contribution in [0.1, 0.15) is 19.4 Å². The van der Waals surface area contributed by atoms with Crippen molar-refractivity contribution in [3.8, 4) is 5.75 Å². The zero-order valence-electron chi connectivity index (χ0n) is 21.2. The van der Waals surface area contributed by atoms with Gasteiger partial charge in [-0.2, -0.15) is 0 Å². The van der Waals surface area contributed by atoms with E-state index in [0.29, 0.717) is 17.3 Å². The van der Waals surface area contributed by atoms with Crippen molar-refractivity contribution in [3.63, 3.8) is 0 Å². The summed E-state index contributed by atoms with van der Waals surface area (Å²) in [6.45, 7) is 3.35. The van der Waals surface area contributed by atoms with Crippen LogP contribution in [0.3, 0.4) is 0 Å². The van der Waals surface area contributed by atoms with E-state index in [1.165, 1.54) is 42.3 Å². The van der Waals surface area contributed by atoms with Crippen molar-refractivity contribution in [1.82, 2.24) is 10.2 Å². The van der Waals surface area contributed by atoms with Crippen molar-refractivity contribution in [2.75, 3.05) is 24.5 Å². The number of sulfonamides is 1. The van der Waals surface area contributed by atoms with Gasteiger partial charge in [0, 0.05) is 22.6 Å². The molecule has 2 amide bonds. The molecule has 3 aromatic carbocycles. The molecule has 1 N–H and O–H groups in total. The first-order chi connectivity index (χ1) is 18.1. The molecule has 0 saturated heterocycles. The number of likely N-dealkylation sites (N-methyl/N-ethyl adjacent to an activating group) is 1. The molecule has 1 atom stereocenters. The fourth-order valence-electron chi connectivity index (χ4n) is 3.73. The minimum absolute atomic E-state index is 0.0256. The second-order valence-corrected chi connectivity index (χ2v) is 11.6. The second-order valence-electron chi connectivity index (χ2n) is 8.39. The highest BCUT2D eigenvalue weighted by Gasteiger charge is 2.32. The second kappa shape index (κ2) is 13.1. The first kappa shape index (κ1) is 29.5. The van der Waals surface area contributed by atoms with Gasteiger partial charge in [0.1, 0.15) is 18.3 Å². The molecule has 38 heavy (non-hydrogen) atoms. The van der Waals surface area contributed by atoms with Crippen LogP contribution in [0.25, 0.3) is 0 Å². The number of hydrogen-bond acceptors (Lipinski definition) is 5. The number of methoxy groups -OCH3 is 1. The molecule has 0 aliphatic heterocycles. The van der Waals surface area contributed by atoms with Gasteiger partial charge in [-0.3, -0.25) is 13.9 Å². The number of halogens is 2. The summed E-state index contributed by atoms with van der Waals surface area (Å²) in [5.74, 6) is -0.403. The highest BCUT2D eigenvalue weighted by Crippen LogP contribution is 2.28. The molecular formula is C27H29BrClN3O5S. The molecule has 0 heterocycles. The summed E-state index contributed by atoms with van der Waals surface area (Å²) in [5.41, 5.74) is 1.00. The summed E-state index contributed by atoms with van der Waals surface area (Å²) in [6, 6.07) is 18.6. The number of amides is 2. The van der Waals surface area contributed by atoms with Crippen LogP contribution in [0.5, 0.6) is 5.75 Å². The standard InChI is InChI=1S/C27H29BrClN3O5S/c1-4-30-27(34)19(2)31(17-20-8-10-21(28)11-9-20)26(33)18-32(23-7-5-6-22(29)16-23)38(35,36)25-14-12-24(37-3)13-15-25/h5-16,19H,4,17-18H2,1-3H3,(H,30,34)/t19-/m1/s1. The summed E-state index contributed by atoms with van der Waals surface area (Å²) in [7, 11) is -2.71. The lowest BCUT2D eigenvalue weighted by atomic mass is 10.1. The molecule has 0 saturated carbocycles. The van der Waals surface area contributed by atoms with Crippen molar-refractivity contribution in [3.05, 3.63) is 87.9 Å². The molecular weight excluding hydrogens is 594 g/mol. The summed E-state index contributed by atoms with van der Waals surface area (Å²) >= 11 is 9.57. The number of hydrogen-bond donors (Lipinski definition) is 1. The van der Waals surface area contributed by atoms with Gasteiger partial charge in [0.15, 0.2) is 0 Å². The van der Waals surface area contributed by atoms with E-state index in [0.717, 1.165) is 14.3 Å². The third kappa shape index (κ3) is 7.27. The normalized spacial score (nSPS) is 11.9. The van der Waals surface area contributed by atoms with Gasteiger partial charge in [0.25, 0.3) is 10.0 Å². The third-order valence-corrected chi connectivity index (χ3v) is 8.36. The molecule has 3 aromatic rings. The molecule has 0 aliphatic carbocycles. The van der Waals surface area contributed by atoms with E-state index in [2.05, 4.69) is 21.2 Å². The summed E-state index contributed by atoms with van der Waals surface area (Å²) in [6.07, 6.45) is 0. The number of nitrogens with zero attached hydrogens (tertiary/aromatic N) is 2. The minimum atomic E-state index is -4.19. The molecule has 0 bridgehead atoms. The van der Waals surface area contributed by atoms with Crippen LogP contribution in [0.2, 0.25) is 5.02 Å². The molecule has 202 valence electrons. The van der Waals surface area contributed by atoms with Crippen LogP contribution in [-0.4, -0.2) is 51.4 Å². The van der Waals surface area contributed by atoms with Crippen molar-refractivity contribution >= 4 is 55.1 Å². The number of nitrogens with one attached hydrogen (secondary N) is 1. The number of rotatable bonds is 11. The lowest BCUT2D eigenvalue weighted by molar-refractivity contribution is -0.139. The van der Waals surface area contributed by atoms with Gasteiger partial charge in [-0.15, -0.1) is 0 Å². The highest BCUT2D eigenvalue weighted by atomic mass is 79.9. The third-order valence-electron chi connectivity index (χ3n) is 5.81. The van der Waals surface area contributed by atoms with Gasteiger partial charge in [-0.25, -0.2) is 8.42 Å². The van der Waals surface area contributed by atoms with Crippen LogP contribution in [0, 0.1) is 0 Å².